The number of benzene rings is 3. The van der Waals surface area contributed by atoms with E-state index in [9.17, 15) is 14.7 Å². The van der Waals surface area contributed by atoms with Crippen molar-refractivity contribution in [3.05, 3.63) is 119 Å². The van der Waals surface area contributed by atoms with Gasteiger partial charge in [-0.2, -0.15) is 0 Å². The van der Waals surface area contributed by atoms with Crippen molar-refractivity contribution in [2.24, 2.45) is 5.92 Å². The van der Waals surface area contributed by atoms with Crippen LogP contribution in [-0.4, -0.2) is 21.7 Å². The minimum Gasteiger partial charge on any atom is -0.550 e. The average molecular weight is 554 g/mol. The maximum absolute atomic E-state index is 12.7. The molecule has 0 aliphatic heterocycles. The Morgan fingerprint density at radius 1 is 0.842 bits per heavy atom. The number of para-hydroxylation sites is 1. The quantitative estimate of drug-likeness (QED) is 0.221. The summed E-state index contributed by atoms with van der Waals surface area (Å²) < 4.78 is 0. The number of ketones is 1. The van der Waals surface area contributed by atoms with Crippen molar-refractivity contribution in [2.75, 3.05) is 4.90 Å². The van der Waals surface area contributed by atoms with E-state index in [1.54, 1.807) is 48.8 Å². The van der Waals surface area contributed by atoms with Crippen LogP contribution in [0, 0.1) is 5.92 Å². The molecule has 1 atom stereocenters. The van der Waals surface area contributed by atoms with E-state index < -0.39 is 17.7 Å². The van der Waals surface area contributed by atoms with E-state index in [0.29, 0.717) is 5.95 Å². The van der Waals surface area contributed by atoms with Crippen LogP contribution in [0.1, 0.15) is 28.8 Å². The molecule has 0 saturated heterocycles. The fourth-order valence-corrected chi connectivity index (χ4v) is 4.43. The molecule has 1 aromatic heterocycles. The number of halogens is 2. The normalized spacial score (nSPS) is 11.5. The van der Waals surface area contributed by atoms with Crippen LogP contribution in [0.2, 0.25) is 10.0 Å². The summed E-state index contributed by atoms with van der Waals surface area (Å²) in [4.78, 5) is 35.1. The molecule has 9 heteroatoms. The number of carboxylic acids is 1. The van der Waals surface area contributed by atoms with Gasteiger partial charge in [0.25, 0.3) is 0 Å². The van der Waals surface area contributed by atoms with E-state index in [0.717, 1.165) is 16.9 Å². The third kappa shape index (κ3) is 7.53. The summed E-state index contributed by atoms with van der Waals surface area (Å²) in [5.41, 5.74) is 2.77. The summed E-state index contributed by atoms with van der Waals surface area (Å²) in [5.74, 6) is -2.22. The second-order valence-corrected chi connectivity index (χ2v) is 9.00. The van der Waals surface area contributed by atoms with Crippen LogP contribution in [0.4, 0.5) is 17.3 Å². The molecule has 0 saturated carbocycles. The number of carboxylic acid groups (broad SMARTS) is 1. The number of aromatic nitrogens is 2. The molecule has 0 N–H and O–H groups in total. The van der Waals surface area contributed by atoms with Crippen molar-refractivity contribution >= 4 is 58.4 Å². The Bertz CT molecular complexity index is 1340. The van der Waals surface area contributed by atoms with Gasteiger partial charge in [0.15, 0.2) is 5.78 Å². The molecule has 38 heavy (non-hydrogen) atoms. The molecule has 0 radical (unpaired) electrons. The smallest absolute Gasteiger partial charge is 0.550 e. The Labute approximate surface area is 253 Å². The summed E-state index contributed by atoms with van der Waals surface area (Å²) in [6.07, 6.45) is 6.75. The van der Waals surface area contributed by atoms with Gasteiger partial charge in [0, 0.05) is 42.1 Å². The van der Waals surface area contributed by atoms with Gasteiger partial charge in [0.05, 0.1) is 15.6 Å². The number of hydrogen-bond acceptors (Lipinski definition) is 6. The molecule has 186 valence electrons. The zero-order valence-electron chi connectivity index (χ0n) is 20.6. The number of aliphatic carboxylic acids is 1. The monoisotopic (exact) mass is 553 g/mol. The molecule has 0 spiro atoms. The minimum absolute atomic E-state index is 0. The van der Waals surface area contributed by atoms with Crippen molar-refractivity contribution in [3.8, 4) is 0 Å². The fourth-order valence-electron chi connectivity index (χ4n) is 3.82. The molecule has 4 rings (SSSR count). The third-order valence-electron chi connectivity index (χ3n) is 5.66. The number of hydrogen-bond donors (Lipinski definition) is 0. The van der Waals surface area contributed by atoms with Gasteiger partial charge in [-0.3, -0.25) is 9.69 Å². The maximum atomic E-state index is 12.7. The first-order chi connectivity index (χ1) is 17.9. The minimum atomic E-state index is -1.31. The zero-order chi connectivity index (χ0) is 26.2. The van der Waals surface area contributed by atoms with Crippen molar-refractivity contribution < 1.29 is 44.3 Å². The second kappa shape index (κ2) is 14.2. The van der Waals surface area contributed by atoms with E-state index >= 15 is 0 Å². The molecular formula is C29H22Cl2N3NaO3. The van der Waals surface area contributed by atoms with Crippen LogP contribution in [0.3, 0.4) is 0 Å². The van der Waals surface area contributed by atoms with Gasteiger partial charge in [-0.1, -0.05) is 71.8 Å². The van der Waals surface area contributed by atoms with Crippen LogP contribution in [0.25, 0.3) is 6.08 Å². The Kier molecular flexibility index (Phi) is 11.1. The van der Waals surface area contributed by atoms with E-state index in [2.05, 4.69) is 9.97 Å². The largest absolute Gasteiger partial charge is 1.00 e. The molecule has 3 aromatic carbocycles. The van der Waals surface area contributed by atoms with Gasteiger partial charge in [-0.25, -0.2) is 9.97 Å². The van der Waals surface area contributed by atoms with Crippen molar-refractivity contribution in [1.29, 1.82) is 0 Å². The number of carbonyl (C=O) groups is 2. The van der Waals surface area contributed by atoms with Gasteiger partial charge in [0.1, 0.15) is 0 Å². The Balaban J connectivity index is 0.00000400. The second-order valence-electron chi connectivity index (χ2n) is 8.19. The van der Waals surface area contributed by atoms with E-state index in [4.69, 9.17) is 23.2 Å². The van der Waals surface area contributed by atoms with Crippen molar-refractivity contribution in [2.45, 2.75) is 12.8 Å². The molecule has 1 heterocycles. The number of anilines is 3. The van der Waals surface area contributed by atoms with Crippen molar-refractivity contribution in [3.63, 3.8) is 0 Å². The van der Waals surface area contributed by atoms with Crippen LogP contribution < -0.4 is 39.6 Å². The third-order valence-corrected chi connectivity index (χ3v) is 6.29. The predicted octanol–water partition coefficient (Wildman–Crippen LogP) is 3.30. The molecule has 0 aliphatic rings. The molecule has 0 amide bonds. The predicted molar refractivity (Wildman–Crippen MR) is 144 cm³/mol. The SMILES string of the molecule is O=C(CC(C/C=C/c1ccc(N(c2ccccc2)c2ncccn2)cc1)C(=O)[O-])c1c(Cl)cccc1Cl.[Na+]. The summed E-state index contributed by atoms with van der Waals surface area (Å²) in [5, 5.41) is 12.1. The van der Waals surface area contributed by atoms with Crippen LogP contribution in [-0.2, 0) is 4.79 Å². The fraction of sp³-hybridized carbons (Fsp3) is 0.103. The Morgan fingerprint density at radius 2 is 1.45 bits per heavy atom. The zero-order valence-corrected chi connectivity index (χ0v) is 24.1. The van der Waals surface area contributed by atoms with Crippen molar-refractivity contribution in [1.82, 2.24) is 9.97 Å². The topological polar surface area (TPSA) is 86.2 Å². The van der Waals surface area contributed by atoms with Gasteiger partial charge in [-0.05, 0) is 54.4 Å². The van der Waals surface area contributed by atoms with Gasteiger partial charge < -0.3 is 9.90 Å². The number of allylic oxidation sites excluding steroid dienone is 1. The first-order valence-electron chi connectivity index (χ1n) is 11.5. The van der Waals surface area contributed by atoms with Crippen LogP contribution in [0.15, 0.2) is 97.3 Å². The summed E-state index contributed by atoms with van der Waals surface area (Å²) >= 11 is 12.2. The molecule has 0 bridgehead atoms. The number of nitrogens with zero attached hydrogens (tertiary/aromatic N) is 3. The van der Waals surface area contributed by atoms with E-state index in [-0.39, 0.29) is 58.0 Å². The average Bonchev–Trinajstić information content (AvgIpc) is 2.90. The van der Waals surface area contributed by atoms with Gasteiger partial charge in [0.2, 0.25) is 5.95 Å². The molecule has 1 unspecified atom stereocenters. The first kappa shape index (κ1) is 29.6. The molecule has 4 aromatic rings. The molecule has 0 fully saturated rings. The number of carbonyl (C=O) groups excluding carboxylic acids is 2. The number of rotatable bonds is 10. The van der Waals surface area contributed by atoms with E-state index in [1.807, 2.05) is 59.5 Å². The summed E-state index contributed by atoms with van der Waals surface area (Å²) in [6, 6.07) is 23.9. The molecule has 6 nitrogen and oxygen atoms in total. The number of Topliss-reactive ketones (excluding diaryl/α,β-unsaturated/α-hetero) is 1. The first-order valence-corrected chi connectivity index (χ1v) is 12.3. The van der Waals surface area contributed by atoms with E-state index in [1.165, 1.54) is 0 Å². The Hall–Kier alpha value is -3.00. The van der Waals surface area contributed by atoms with Crippen LogP contribution in [0.5, 0.6) is 0 Å². The molecule has 0 aliphatic carbocycles. The van der Waals surface area contributed by atoms with Gasteiger partial charge in [-0.15, -0.1) is 0 Å². The van der Waals surface area contributed by atoms with Crippen LogP contribution >= 0.6 is 23.2 Å². The summed E-state index contributed by atoms with van der Waals surface area (Å²) in [7, 11) is 0. The Morgan fingerprint density at radius 3 is 2.05 bits per heavy atom. The van der Waals surface area contributed by atoms with Gasteiger partial charge >= 0.3 is 29.6 Å². The molecular weight excluding hydrogens is 532 g/mol. The maximum Gasteiger partial charge on any atom is 1.00 e. The summed E-state index contributed by atoms with van der Waals surface area (Å²) in [6.45, 7) is 0. The standard InChI is InChI=1S/C29H23Cl2N3O3.Na/c30-24-11-5-12-25(31)27(24)26(35)19-21(28(36)37)8-4-7-20-13-15-23(16-14-20)34(22-9-2-1-3-10-22)29-32-17-6-18-33-29;/h1-7,9-18,21H,8,19H2,(H,36,37);/q;+1/p-1/b7-4+;.